The average Bonchev–Trinajstić information content (AvgIpc) is 2.56. The lowest BCUT2D eigenvalue weighted by Gasteiger charge is -2.27. The molecule has 0 saturated heterocycles. The van der Waals surface area contributed by atoms with E-state index in [4.69, 9.17) is 5.11 Å². The van der Waals surface area contributed by atoms with E-state index in [0.29, 0.717) is 12.0 Å². The third-order valence-electron chi connectivity index (χ3n) is 3.29. The minimum absolute atomic E-state index is 0.00920. The molecule has 1 aliphatic carbocycles. The minimum Gasteiger partial charge on any atom is -0.396 e. The maximum absolute atomic E-state index is 11.9. The van der Waals surface area contributed by atoms with Gasteiger partial charge in [-0.2, -0.15) is 0 Å². The van der Waals surface area contributed by atoms with Crippen molar-refractivity contribution in [2.24, 2.45) is 5.92 Å². The zero-order valence-electron chi connectivity index (χ0n) is 8.94. The van der Waals surface area contributed by atoms with Gasteiger partial charge in [0.15, 0.2) is 9.84 Å². The van der Waals surface area contributed by atoms with E-state index in [-0.39, 0.29) is 24.7 Å². The Morgan fingerprint density at radius 2 is 2.13 bits per heavy atom. The third kappa shape index (κ3) is 1.84. The van der Waals surface area contributed by atoms with Crippen molar-refractivity contribution < 1.29 is 18.6 Å². The van der Waals surface area contributed by atoms with Gasteiger partial charge in [0.05, 0.1) is 6.61 Å². The second-order valence-electron chi connectivity index (χ2n) is 4.12. The predicted octanol–water partition coefficient (Wildman–Crippen LogP) is 0.111. The van der Waals surface area contributed by atoms with E-state index in [9.17, 15) is 13.5 Å². The van der Waals surface area contributed by atoms with Gasteiger partial charge >= 0.3 is 0 Å². The van der Waals surface area contributed by atoms with Crippen molar-refractivity contribution in [2.75, 3.05) is 19.0 Å². The second kappa shape index (κ2) is 4.23. The molecule has 0 aromatic rings. The van der Waals surface area contributed by atoms with Crippen LogP contribution >= 0.6 is 0 Å². The van der Waals surface area contributed by atoms with E-state index in [0.717, 1.165) is 0 Å². The van der Waals surface area contributed by atoms with E-state index < -0.39 is 21.2 Å². The van der Waals surface area contributed by atoms with Crippen molar-refractivity contribution in [2.45, 2.75) is 24.5 Å². The molecule has 0 aliphatic heterocycles. The lowest BCUT2D eigenvalue weighted by atomic mass is 10.0. The molecule has 1 fully saturated rings. The van der Waals surface area contributed by atoms with E-state index in [2.05, 4.69) is 6.58 Å². The van der Waals surface area contributed by atoms with Gasteiger partial charge in [-0.1, -0.05) is 19.1 Å². The number of rotatable bonds is 4. The highest BCUT2D eigenvalue weighted by molar-refractivity contribution is 7.93. The molecule has 2 atom stereocenters. The molecule has 15 heavy (non-hydrogen) atoms. The Hall–Kier alpha value is -0.390. The molecule has 0 spiro atoms. The summed E-state index contributed by atoms with van der Waals surface area (Å²) in [6.45, 7) is 4.81. The van der Waals surface area contributed by atoms with Crippen LogP contribution in [0.4, 0.5) is 0 Å². The van der Waals surface area contributed by atoms with Gasteiger partial charge in [-0.05, 0) is 18.8 Å². The van der Waals surface area contributed by atoms with Gasteiger partial charge in [0.25, 0.3) is 0 Å². The summed E-state index contributed by atoms with van der Waals surface area (Å²) in [4.78, 5) is 0. The van der Waals surface area contributed by atoms with Crippen LogP contribution in [0, 0.1) is 5.92 Å². The number of hydrogen-bond donors (Lipinski definition) is 2. The molecule has 2 N–H and O–H groups in total. The van der Waals surface area contributed by atoms with Crippen LogP contribution in [0.5, 0.6) is 0 Å². The fraction of sp³-hybridized carbons (Fsp3) is 0.800. The summed E-state index contributed by atoms with van der Waals surface area (Å²) in [5.74, 6) is -0.101. The van der Waals surface area contributed by atoms with Crippen LogP contribution in [-0.2, 0) is 9.84 Å². The largest absolute Gasteiger partial charge is 0.396 e. The molecule has 0 aromatic heterocycles. The molecule has 1 aliphatic rings. The van der Waals surface area contributed by atoms with Crippen LogP contribution in [0.25, 0.3) is 0 Å². The highest BCUT2D eigenvalue weighted by Crippen LogP contribution is 2.43. The van der Waals surface area contributed by atoms with Crippen LogP contribution in [-0.4, -0.2) is 42.3 Å². The molecule has 0 amide bonds. The SMILES string of the molecule is C=C1CC(CO)CC1(CO)S(=O)(=O)CC. The van der Waals surface area contributed by atoms with Gasteiger partial charge in [-0.15, -0.1) is 0 Å². The van der Waals surface area contributed by atoms with Gasteiger partial charge in [0.2, 0.25) is 0 Å². The summed E-state index contributed by atoms with van der Waals surface area (Å²) >= 11 is 0. The Labute approximate surface area is 90.5 Å². The lowest BCUT2D eigenvalue weighted by Crippen LogP contribution is -2.42. The third-order valence-corrected chi connectivity index (χ3v) is 5.82. The quantitative estimate of drug-likeness (QED) is 0.677. The molecule has 1 saturated carbocycles. The highest BCUT2D eigenvalue weighted by Gasteiger charge is 2.50. The first-order valence-electron chi connectivity index (χ1n) is 5.05. The minimum atomic E-state index is -3.36. The van der Waals surface area contributed by atoms with Crippen LogP contribution in [0.1, 0.15) is 19.8 Å². The summed E-state index contributed by atoms with van der Waals surface area (Å²) in [5.41, 5.74) is 0.533. The molecule has 5 heteroatoms. The standard InChI is InChI=1S/C10H18O4S/c1-3-15(13,14)10(7-12)5-9(6-11)4-8(10)2/h9,11-12H,2-7H2,1H3. The summed E-state index contributed by atoms with van der Waals surface area (Å²) in [6.07, 6.45) is 0.769. The molecule has 2 unspecified atom stereocenters. The number of hydrogen-bond acceptors (Lipinski definition) is 4. The number of aliphatic hydroxyl groups is 2. The first-order chi connectivity index (χ1) is 6.93. The van der Waals surface area contributed by atoms with Crippen molar-refractivity contribution in [3.8, 4) is 0 Å². The van der Waals surface area contributed by atoms with Crippen molar-refractivity contribution >= 4 is 9.84 Å². The van der Waals surface area contributed by atoms with Crippen LogP contribution in [0.2, 0.25) is 0 Å². The summed E-state index contributed by atoms with van der Waals surface area (Å²) in [7, 11) is -3.36. The first-order valence-corrected chi connectivity index (χ1v) is 6.71. The fourth-order valence-corrected chi connectivity index (χ4v) is 4.01. The molecule has 0 aromatic carbocycles. The number of sulfone groups is 1. The van der Waals surface area contributed by atoms with Crippen molar-refractivity contribution in [3.63, 3.8) is 0 Å². The molecule has 1 rings (SSSR count). The van der Waals surface area contributed by atoms with Crippen LogP contribution < -0.4 is 0 Å². The topological polar surface area (TPSA) is 74.6 Å². The average molecular weight is 234 g/mol. The Morgan fingerprint density at radius 1 is 1.53 bits per heavy atom. The highest BCUT2D eigenvalue weighted by atomic mass is 32.2. The Morgan fingerprint density at radius 3 is 2.47 bits per heavy atom. The predicted molar refractivity (Wildman–Crippen MR) is 58.2 cm³/mol. The van der Waals surface area contributed by atoms with Crippen molar-refractivity contribution in [1.82, 2.24) is 0 Å². The first kappa shape index (κ1) is 12.7. The fourth-order valence-electron chi connectivity index (χ4n) is 2.24. The molecule has 0 radical (unpaired) electrons. The Bertz CT molecular complexity index is 346. The Kier molecular flexibility index (Phi) is 3.58. The van der Waals surface area contributed by atoms with E-state index in [1.165, 1.54) is 0 Å². The lowest BCUT2D eigenvalue weighted by molar-refractivity contribution is 0.211. The van der Waals surface area contributed by atoms with Gasteiger partial charge in [-0.3, -0.25) is 0 Å². The van der Waals surface area contributed by atoms with Gasteiger partial charge in [0.1, 0.15) is 4.75 Å². The smallest absolute Gasteiger partial charge is 0.161 e. The molecular weight excluding hydrogens is 216 g/mol. The van der Waals surface area contributed by atoms with Crippen molar-refractivity contribution in [1.29, 1.82) is 0 Å². The van der Waals surface area contributed by atoms with Crippen LogP contribution in [0.15, 0.2) is 12.2 Å². The number of aliphatic hydroxyl groups excluding tert-OH is 2. The van der Waals surface area contributed by atoms with Crippen molar-refractivity contribution in [3.05, 3.63) is 12.2 Å². The summed E-state index contributed by atoms with van der Waals surface area (Å²) in [6, 6.07) is 0. The molecule has 4 nitrogen and oxygen atoms in total. The summed E-state index contributed by atoms with van der Waals surface area (Å²) < 4.78 is 22.6. The molecule has 88 valence electrons. The molecule has 0 bridgehead atoms. The monoisotopic (exact) mass is 234 g/mol. The maximum atomic E-state index is 11.9. The van der Waals surface area contributed by atoms with Gasteiger partial charge < -0.3 is 10.2 Å². The Balaban J connectivity index is 3.12. The van der Waals surface area contributed by atoms with Gasteiger partial charge in [0, 0.05) is 12.4 Å². The van der Waals surface area contributed by atoms with E-state index >= 15 is 0 Å². The zero-order valence-corrected chi connectivity index (χ0v) is 9.76. The molecular formula is C10H18O4S. The zero-order chi connectivity index (χ0) is 11.7. The van der Waals surface area contributed by atoms with E-state index in [1.54, 1.807) is 6.92 Å². The normalized spacial score (nSPS) is 32.2. The van der Waals surface area contributed by atoms with E-state index in [1.807, 2.05) is 0 Å². The maximum Gasteiger partial charge on any atom is 0.161 e. The summed E-state index contributed by atoms with van der Waals surface area (Å²) in [5, 5.41) is 18.4. The second-order valence-corrected chi connectivity index (χ2v) is 6.70. The molecule has 0 heterocycles. The van der Waals surface area contributed by atoms with Crippen LogP contribution in [0.3, 0.4) is 0 Å². The van der Waals surface area contributed by atoms with Gasteiger partial charge in [-0.25, -0.2) is 8.42 Å².